The van der Waals surface area contributed by atoms with Gasteiger partial charge < -0.3 is 4.57 Å². The molecule has 0 spiro atoms. The summed E-state index contributed by atoms with van der Waals surface area (Å²) in [7, 11) is 0. The van der Waals surface area contributed by atoms with Crippen LogP contribution in [0.25, 0.3) is 0 Å². The third-order valence-corrected chi connectivity index (χ3v) is 4.26. The lowest BCUT2D eigenvalue weighted by Gasteiger charge is -2.16. The number of aromatic nitrogens is 3. The summed E-state index contributed by atoms with van der Waals surface area (Å²) in [5.41, 5.74) is 0. The van der Waals surface area contributed by atoms with E-state index < -0.39 is 0 Å². The first-order valence-electron chi connectivity index (χ1n) is 7.67. The molecule has 1 fully saturated rings. The number of hydrogen-bond acceptors (Lipinski definition) is 2. The molecule has 0 N–H and O–H groups in total. The van der Waals surface area contributed by atoms with Gasteiger partial charge >= 0.3 is 0 Å². The van der Waals surface area contributed by atoms with Gasteiger partial charge in [-0.3, -0.25) is 0 Å². The predicted octanol–water partition coefficient (Wildman–Crippen LogP) is 4.19. The van der Waals surface area contributed by atoms with E-state index in [9.17, 15) is 0 Å². The van der Waals surface area contributed by atoms with Crippen molar-refractivity contribution in [3.63, 3.8) is 0 Å². The minimum absolute atomic E-state index is 0.463. The molecule has 0 atom stereocenters. The average Bonchev–Trinajstić information content (AvgIpc) is 2.60. The van der Waals surface area contributed by atoms with E-state index in [4.69, 9.17) is 11.6 Å². The van der Waals surface area contributed by atoms with Gasteiger partial charge in [-0.25, -0.2) is 0 Å². The van der Waals surface area contributed by atoms with E-state index in [1.807, 2.05) is 0 Å². The number of rotatable bonds is 5. The van der Waals surface area contributed by atoms with Crippen LogP contribution in [0, 0.1) is 11.8 Å². The van der Waals surface area contributed by atoms with Gasteiger partial charge in [0.1, 0.15) is 11.6 Å². The molecular weight excluding hydrogens is 258 g/mol. The molecule has 1 saturated carbocycles. The Morgan fingerprint density at radius 1 is 1.11 bits per heavy atom. The van der Waals surface area contributed by atoms with Gasteiger partial charge in [0, 0.05) is 13.0 Å². The normalized spacial score (nSPS) is 17.9. The summed E-state index contributed by atoms with van der Waals surface area (Å²) in [5, 5.41) is 8.65. The molecule has 1 aromatic rings. The lowest BCUT2D eigenvalue weighted by Crippen LogP contribution is -2.14. The smallest absolute Gasteiger partial charge is 0.147 e. The van der Waals surface area contributed by atoms with Crippen LogP contribution in [-0.4, -0.2) is 14.8 Å². The zero-order valence-electron chi connectivity index (χ0n) is 12.2. The summed E-state index contributed by atoms with van der Waals surface area (Å²) in [4.78, 5) is 0. The summed E-state index contributed by atoms with van der Waals surface area (Å²) in [6.07, 6.45) is 9.35. The Balaban J connectivity index is 2.07. The van der Waals surface area contributed by atoms with Gasteiger partial charge in [0.2, 0.25) is 0 Å². The van der Waals surface area contributed by atoms with Gasteiger partial charge in [-0.15, -0.1) is 21.8 Å². The fraction of sp³-hybridized carbons (Fsp3) is 0.867. The highest BCUT2D eigenvalue weighted by atomic mass is 35.5. The average molecular weight is 284 g/mol. The summed E-state index contributed by atoms with van der Waals surface area (Å²) in [6.45, 7) is 5.44. The monoisotopic (exact) mass is 283 g/mol. The van der Waals surface area contributed by atoms with Crippen LogP contribution >= 0.6 is 11.6 Å². The molecule has 2 rings (SSSR count). The Hall–Kier alpha value is -0.570. The van der Waals surface area contributed by atoms with Crippen LogP contribution in [-0.2, 0) is 18.8 Å². The molecule has 0 saturated heterocycles. The van der Waals surface area contributed by atoms with Gasteiger partial charge in [0.25, 0.3) is 0 Å². The van der Waals surface area contributed by atoms with Crippen molar-refractivity contribution in [1.29, 1.82) is 0 Å². The third kappa shape index (κ3) is 4.20. The van der Waals surface area contributed by atoms with E-state index in [0.717, 1.165) is 30.5 Å². The second-order valence-corrected chi connectivity index (χ2v) is 6.50. The Labute approximate surface area is 121 Å². The van der Waals surface area contributed by atoms with Crippen LogP contribution in [0.5, 0.6) is 0 Å². The predicted molar refractivity (Wildman–Crippen MR) is 79.3 cm³/mol. The zero-order valence-corrected chi connectivity index (χ0v) is 13.0. The van der Waals surface area contributed by atoms with E-state index in [0.29, 0.717) is 11.8 Å². The SMILES string of the molecule is CC(C)Cn1c(CCl)nnc1CC1CCCCCC1. The van der Waals surface area contributed by atoms with E-state index in [-0.39, 0.29) is 0 Å². The van der Waals surface area contributed by atoms with E-state index >= 15 is 0 Å². The van der Waals surface area contributed by atoms with Crippen LogP contribution in [0.1, 0.15) is 64.0 Å². The molecule has 1 aliphatic carbocycles. The van der Waals surface area contributed by atoms with E-state index in [1.165, 1.54) is 38.5 Å². The Bertz CT molecular complexity index is 379. The Morgan fingerprint density at radius 2 is 1.74 bits per heavy atom. The topological polar surface area (TPSA) is 30.7 Å². The summed E-state index contributed by atoms with van der Waals surface area (Å²) in [5.74, 6) is 3.94. The first kappa shape index (κ1) is 14.8. The fourth-order valence-electron chi connectivity index (χ4n) is 3.02. The van der Waals surface area contributed by atoms with Crippen LogP contribution in [0.15, 0.2) is 0 Å². The highest BCUT2D eigenvalue weighted by Crippen LogP contribution is 2.26. The maximum absolute atomic E-state index is 5.97. The summed E-state index contributed by atoms with van der Waals surface area (Å²) < 4.78 is 2.25. The van der Waals surface area contributed by atoms with Crippen molar-refractivity contribution >= 4 is 11.6 Å². The van der Waals surface area contributed by atoms with Gasteiger partial charge in [-0.05, 0) is 11.8 Å². The van der Waals surface area contributed by atoms with Crippen molar-refractivity contribution in [2.24, 2.45) is 11.8 Å². The molecule has 0 bridgehead atoms. The van der Waals surface area contributed by atoms with Gasteiger partial charge in [-0.2, -0.15) is 0 Å². The second kappa shape index (κ2) is 7.28. The standard InChI is InChI=1S/C15H26ClN3/c1-12(2)11-19-14(17-18-15(19)10-16)9-13-7-5-3-4-6-8-13/h12-13H,3-11H2,1-2H3. The highest BCUT2D eigenvalue weighted by molar-refractivity contribution is 6.16. The second-order valence-electron chi connectivity index (χ2n) is 6.23. The highest BCUT2D eigenvalue weighted by Gasteiger charge is 2.18. The molecule has 108 valence electrons. The molecule has 0 unspecified atom stereocenters. The minimum atomic E-state index is 0.463. The molecule has 0 aromatic carbocycles. The number of nitrogens with zero attached hydrogens (tertiary/aromatic N) is 3. The van der Waals surface area contributed by atoms with Crippen LogP contribution in [0.2, 0.25) is 0 Å². The van der Waals surface area contributed by atoms with Gasteiger partial charge in [0.05, 0.1) is 5.88 Å². The lowest BCUT2D eigenvalue weighted by molar-refractivity contribution is 0.423. The van der Waals surface area contributed by atoms with Crippen molar-refractivity contribution in [3.05, 3.63) is 11.6 Å². The lowest BCUT2D eigenvalue weighted by atomic mass is 9.96. The number of hydrogen-bond donors (Lipinski definition) is 0. The summed E-state index contributed by atoms with van der Waals surface area (Å²) >= 11 is 5.97. The molecular formula is C15H26ClN3. The van der Waals surface area contributed by atoms with Crippen LogP contribution in [0.4, 0.5) is 0 Å². The molecule has 19 heavy (non-hydrogen) atoms. The fourth-order valence-corrected chi connectivity index (χ4v) is 3.22. The molecule has 4 heteroatoms. The van der Waals surface area contributed by atoms with Crippen molar-refractivity contribution < 1.29 is 0 Å². The quantitative estimate of drug-likeness (QED) is 0.599. The maximum atomic E-state index is 5.97. The number of halogens is 1. The zero-order chi connectivity index (χ0) is 13.7. The molecule has 1 aliphatic rings. The largest absolute Gasteiger partial charge is 0.314 e. The first-order chi connectivity index (χ1) is 9.20. The Morgan fingerprint density at radius 3 is 2.32 bits per heavy atom. The van der Waals surface area contributed by atoms with Crippen LogP contribution in [0.3, 0.4) is 0 Å². The maximum Gasteiger partial charge on any atom is 0.147 e. The van der Waals surface area contributed by atoms with Crippen molar-refractivity contribution in [2.75, 3.05) is 0 Å². The molecule has 1 aromatic heterocycles. The summed E-state index contributed by atoms with van der Waals surface area (Å²) in [6, 6.07) is 0. The first-order valence-corrected chi connectivity index (χ1v) is 8.21. The Kier molecular flexibility index (Phi) is 5.68. The van der Waals surface area contributed by atoms with Crippen molar-refractivity contribution in [3.8, 4) is 0 Å². The third-order valence-electron chi connectivity index (χ3n) is 4.02. The molecule has 3 nitrogen and oxygen atoms in total. The van der Waals surface area contributed by atoms with Gasteiger partial charge in [0.15, 0.2) is 0 Å². The number of alkyl halides is 1. The minimum Gasteiger partial charge on any atom is -0.314 e. The molecule has 0 amide bonds. The van der Waals surface area contributed by atoms with Gasteiger partial charge in [-0.1, -0.05) is 52.4 Å². The molecule has 0 aliphatic heterocycles. The molecule has 0 radical (unpaired) electrons. The van der Waals surface area contributed by atoms with E-state index in [2.05, 4.69) is 28.6 Å². The molecule has 1 heterocycles. The van der Waals surface area contributed by atoms with E-state index in [1.54, 1.807) is 0 Å². The van der Waals surface area contributed by atoms with Crippen LogP contribution < -0.4 is 0 Å². The van der Waals surface area contributed by atoms with Crippen molar-refractivity contribution in [1.82, 2.24) is 14.8 Å². The van der Waals surface area contributed by atoms with Crippen molar-refractivity contribution in [2.45, 2.75) is 71.2 Å².